The first-order chi connectivity index (χ1) is 11.1. The molecule has 0 spiro atoms. The minimum Gasteiger partial charge on any atom is -0.469 e. The minimum absolute atomic E-state index is 0.101. The molecule has 0 unspecified atom stereocenters. The van der Waals surface area contributed by atoms with Gasteiger partial charge in [0.05, 0.1) is 12.0 Å². The normalized spacial score (nSPS) is 11.0. The highest BCUT2D eigenvalue weighted by Gasteiger charge is 2.16. The van der Waals surface area contributed by atoms with Gasteiger partial charge in [-0.3, -0.25) is 14.2 Å². The molecule has 0 aliphatic heterocycles. The molecule has 0 bridgehead atoms. The highest BCUT2D eigenvalue weighted by molar-refractivity contribution is 5.77. The molecular formula is C15H16N4O4. The second-order valence-corrected chi connectivity index (χ2v) is 5.18. The molecule has 0 aliphatic carbocycles. The minimum atomic E-state index is -0.326. The van der Waals surface area contributed by atoms with E-state index >= 15 is 0 Å². The van der Waals surface area contributed by atoms with Crippen molar-refractivity contribution in [1.29, 1.82) is 0 Å². The van der Waals surface area contributed by atoms with Crippen LogP contribution in [0, 0.1) is 13.8 Å². The predicted octanol–water partition coefficient (Wildman–Crippen LogP) is 0.953. The summed E-state index contributed by atoms with van der Waals surface area (Å²) in [5.41, 5.74) is 0.330. The summed E-state index contributed by atoms with van der Waals surface area (Å²) in [5.74, 6) is 0.929. The predicted molar refractivity (Wildman–Crippen MR) is 81.0 cm³/mol. The van der Waals surface area contributed by atoms with Crippen LogP contribution in [-0.4, -0.2) is 27.2 Å². The number of aromatic nitrogens is 3. The summed E-state index contributed by atoms with van der Waals surface area (Å²) in [6.07, 6.45) is 2.18. The van der Waals surface area contributed by atoms with E-state index < -0.39 is 0 Å². The van der Waals surface area contributed by atoms with E-state index in [2.05, 4.69) is 15.5 Å². The lowest BCUT2D eigenvalue weighted by Crippen LogP contribution is -2.34. The number of furan rings is 1. The van der Waals surface area contributed by atoms with E-state index in [0.29, 0.717) is 29.9 Å². The van der Waals surface area contributed by atoms with Gasteiger partial charge in [-0.2, -0.15) is 4.98 Å². The van der Waals surface area contributed by atoms with Gasteiger partial charge in [0.25, 0.3) is 11.3 Å². The van der Waals surface area contributed by atoms with Crippen molar-refractivity contribution in [3.8, 4) is 0 Å². The summed E-state index contributed by atoms with van der Waals surface area (Å²) in [6, 6.07) is 3.63. The van der Waals surface area contributed by atoms with Crippen LogP contribution >= 0.6 is 0 Å². The fourth-order valence-electron chi connectivity index (χ4n) is 2.34. The number of hydrogen-bond acceptors (Lipinski definition) is 6. The van der Waals surface area contributed by atoms with Gasteiger partial charge in [0.15, 0.2) is 0 Å². The summed E-state index contributed by atoms with van der Waals surface area (Å²) in [4.78, 5) is 28.7. The Balaban J connectivity index is 1.72. The van der Waals surface area contributed by atoms with Gasteiger partial charge in [-0.15, -0.1) is 0 Å². The molecular weight excluding hydrogens is 300 g/mol. The van der Waals surface area contributed by atoms with Crippen molar-refractivity contribution >= 4 is 17.0 Å². The van der Waals surface area contributed by atoms with Crippen LogP contribution in [0.5, 0.6) is 0 Å². The molecule has 0 saturated heterocycles. The van der Waals surface area contributed by atoms with E-state index in [-0.39, 0.29) is 23.7 Å². The molecule has 0 atom stereocenters. The Kier molecular flexibility index (Phi) is 3.96. The molecule has 8 heteroatoms. The largest absolute Gasteiger partial charge is 0.469 e. The zero-order chi connectivity index (χ0) is 16.4. The molecule has 0 fully saturated rings. The molecule has 120 valence electrons. The van der Waals surface area contributed by atoms with Crippen molar-refractivity contribution in [3.05, 3.63) is 46.0 Å². The average Bonchev–Trinajstić information content (AvgIpc) is 3.14. The van der Waals surface area contributed by atoms with Crippen LogP contribution in [0.4, 0.5) is 0 Å². The van der Waals surface area contributed by atoms with E-state index in [1.165, 1.54) is 4.57 Å². The van der Waals surface area contributed by atoms with Gasteiger partial charge >= 0.3 is 0 Å². The first-order valence-electron chi connectivity index (χ1n) is 7.19. The number of rotatable bonds is 5. The summed E-state index contributed by atoms with van der Waals surface area (Å²) in [7, 11) is 0. The molecule has 1 amide bonds. The smallest absolute Gasteiger partial charge is 0.267 e. The molecule has 3 aromatic rings. The molecule has 3 aromatic heterocycles. The number of fused-ring (bicyclic) bond motifs is 1. The van der Waals surface area contributed by atoms with Crippen LogP contribution in [0.25, 0.3) is 11.1 Å². The first-order valence-corrected chi connectivity index (χ1v) is 7.19. The first kappa shape index (κ1) is 15.0. The maximum absolute atomic E-state index is 12.5. The summed E-state index contributed by atoms with van der Waals surface area (Å²) in [5, 5.41) is 6.79. The Hall–Kier alpha value is -2.90. The fourth-order valence-corrected chi connectivity index (χ4v) is 2.34. The Morgan fingerprint density at radius 3 is 2.96 bits per heavy atom. The zero-order valence-corrected chi connectivity index (χ0v) is 12.8. The highest BCUT2D eigenvalue weighted by Crippen LogP contribution is 2.11. The monoisotopic (exact) mass is 316 g/mol. The molecule has 3 rings (SSSR count). The van der Waals surface area contributed by atoms with Gasteiger partial charge in [-0.05, 0) is 26.0 Å². The maximum Gasteiger partial charge on any atom is 0.267 e. The van der Waals surface area contributed by atoms with Crippen molar-refractivity contribution in [2.24, 2.45) is 0 Å². The molecule has 0 aliphatic rings. The fraction of sp³-hybridized carbons (Fsp3) is 0.333. The van der Waals surface area contributed by atoms with E-state index in [1.807, 2.05) is 6.07 Å². The Morgan fingerprint density at radius 1 is 1.39 bits per heavy atom. The molecule has 0 saturated carbocycles. The molecule has 23 heavy (non-hydrogen) atoms. The standard InChI is InChI=1S/C15H16N4O4/c1-9-13-14(23-18-9)17-10(2)19(15(13)21)8-12(20)16-6-5-11-4-3-7-22-11/h3-4,7H,5-6,8H2,1-2H3,(H,16,20). The molecule has 0 radical (unpaired) electrons. The lowest BCUT2D eigenvalue weighted by atomic mass is 10.3. The molecule has 3 heterocycles. The molecule has 0 aromatic carbocycles. The Labute approximate surface area is 131 Å². The van der Waals surface area contributed by atoms with Crippen LogP contribution in [0.1, 0.15) is 17.3 Å². The summed E-state index contributed by atoms with van der Waals surface area (Å²) >= 11 is 0. The second kappa shape index (κ2) is 6.07. The Bertz CT molecular complexity index is 892. The lowest BCUT2D eigenvalue weighted by molar-refractivity contribution is -0.121. The van der Waals surface area contributed by atoms with E-state index in [9.17, 15) is 9.59 Å². The van der Waals surface area contributed by atoms with Crippen LogP contribution in [0.2, 0.25) is 0 Å². The second-order valence-electron chi connectivity index (χ2n) is 5.18. The number of aryl methyl sites for hydroxylation is 2. The van der Waals surface area contributed by atoms with Crippen LogP contribution in [-0.2, 0) is 17.8 Å². The highest BCUT2D eigenvalue weighted by atomic mass is 16.5. The molecule has 8 nitrogen and oxygen atoms in total. The van der Waals surface area contributed by atoms with Gasteiger partial charge in [0, 0.05) is 13.0 Å². The van der Waals surface area contributed by atoms with Crippen molar-refractivity contribution < 1.29 is 13.7 Å². The number of nitrogens with one attached hydrogen (secondary N) is 1. The Morgan fingerprint density at radius 2 is 2.22 bits per heavy atom. The number of amides is 1. The van der Waals surface area contributed by atoms with Crippen LogP contribution < -0.4 is 10.9 Å². The van der Waals surface area contributed by atoms with Gasteiger partial charge in [-0.25, -0.2) is 0 Å². The van der Waals surface area contributed by atoms with Crippen molar-refractivity contribution in [2.45, 2.75) is 26.8 Å². The maximum atomic E-state index is 12.5. The lowest BCUT2D eigenvalue weighted by Gasteiger charge is -2.09. The SMILES string of the molecule is Cc1noc2nc(C)n(CC(=O)NCCc3ccco3)c(=O)c12. The van der Waals surface area contributed by atoms with Gasteiger partial charge < -0.3 is 14.3 Å². The third-order valence-electron chi connectivity index (χ3n) is 3.53. The third kappa shape index (κ3) is 3.01. The average molecular weight is 316 g/mol. The van der Waals surface area contributed by atoms with Crippen molar-refractivity contribution in [1.82, 2.24) is 20.0 Å². The van der Waals surface area contributed by atoms with Gasteiger partial charge in [0.2, 0.25) is 5.91 Å². The van der Waals surface area contributed by atoms with E-state index in [4.69, 9.17) is 8.94 Å². The van der Waals surface area contributed by atoms with E-state index in [0.717, 1.165) is 5.76 Å². The number of hydrogen-bond donors (Lipinski definition) is 1. The zero-order valence-electron chi connectivity index (χ0n) is 12.8. The summed E-state index contributed by atoms with van der Waals surface area (Å²) in [6.45, 7) is 3.64. The quantitative estimate of drug-likeness (QED) is 0.752. The van der Waals surface area contributed by atoms with Crippen molar-refractivity contribution in [3.63, 3.8) is 0 Å². The van der Waals surface area contributed by atoms with Crippen molar-refractivity contribution in [2.75, 3.05) is 6.54 Å². The number of nitrogens with zero attached hydrogens (tertiary/aromatic N) is 3. The number of carbonyl (C=O) groups excluding carboxylic acids is 1. The molecule has 1 N–H and O–H groups in total. The third-order valence-corrected chi connectivity index (χ3v) is 3.53. The van der Waals surface area contributed by atoms with Crippen LogP contribution in [0.15, 0.2) is 32.1 Å². The van der Waals surface area contributed by atoms with E-state index in [1.54, 1.807) is 26.2 Å². The number of carbonyl (C=O) groups is 1. The topological polar surface area (TPSA) is 103 Å². The van der Waals surface area contributed by atoms with Gasteiger partial charge in [0.1, 0.15) is 23.5 Å². The van der Waals surface area contributed by atoms with Crippen LogP contribution in [0.3, 0.4) is 0 Å². The van der Waals surface area contributed by atoms with Gasteiger partial charge in [-0.1, -0.05) is 5.16 Å². The summed E-state index contributed by atoms with van der Waals surface area (Å²) < 4.78 is 11.5.